The zero-order valence-corrected chi connectivity index (χ0v) is 15.8. The van der Waals surface area contributed by atoms with Crippen molar-refractivity contribution in [1.82, 2.24) is 20.1 Å². The molecule has 1 saturated heterocycles. The van der Waals surface area contributed by atoms with Crippen molar-refractivity contribution in [2.24, 2.45) is 7.05 Å². The number of aryl methyl sites for hydroxylation is 1. The predicted octanol–water partition coefficient (Wildman–Crippen LogP) is 1.59. The molecule has 1 aromatic carbocycles. The molecule has 2 aromatic rings. The molecule has 0 unspecified atom stereocenters. The number of rotatable bonds is 4. The molecule has 2 aliphatic rings. The van der Waals surface area contributed by atoms with Crippen LogP contribution in [0.2, 0.25) is 0 Å². The van der Waals surface area contributed by atoms with Crippen LogP contribution in [0.1, 0.15) is 34.9 Å². The standard InChI is InChI=1S/C16H18N6O5.ClH/c1-21-16(18-14(20-21)9-2-4-17-5-3-9)19-15(23)10-6-11(22(24)25)13-12(7-10)26-8-27-13;/h6-7,9,17H,2-5,8H2,1H3,(H,18,19,20,23);1H. The van der Waals surface area contributed by atoms with E-state index in [1.807, 2.05) is 0 Å². The van der Waals surface area contributed by atoms with Gasteiger partial charge in [0.15, 0.2) is 11.6 Å². The fourth-order valence-corrected chi connectivity index (χ4v) is 3.20. The molecule has 11 nitrogen and oxygen atoms in total. The van der Waals surface area contributed by atoms with Crippen molar-refractivity contribution < 1.29 is 19.2 Å². The summed E-state index contributed by atoms with van der Waals surface area (Å²) < 4.78 is 11.8. The second kappa shape index (κ2) is 7.98. The Labute approximate surface area is 166 Å². The number of hydrogen-bond acceptors (Lipinski definition) is 8. The maximum absolute atomic E-state index is 12.6. The van der Waals surface area contributed by atoms with Crippen LogP contribution in [0, 0.1) is 10.1 Å². The average Bonchev–Trinajstić information content (AvgIpc) is 3.28. The molecule has 0 aliphatic carbocycles. The van der Waals surface area contributed by atoms with Gasteiger partial charge in [0.1, 0.15) is 0 Å². The highest BCUT2D eigenvalue weighted by atomic mass is 35.5. The number of nitro benzene ring substituents is 1. The Morgan fingerprint density at radius 1 is 1.36 bits per heavy atom. The minimum absolute atomic E-state index is 0. The molecule has 0 radical (unpaired) electrons. The maximum Gasteiger partial charge on any atom is 0.315 e. The lowest BCUT2D eigenvalue weighted by molar-refractivity contribution is -0.385. The van der Waals surface area contributed by atoms with Gasteiger partial charge in [0, 0.05) is 19.0 Å². The number of carbonyl (C=O) groups is 1. The van der Waals surface area contributed by atoms with Gasteiger partial charge in [-0.25, -0.2) is 4.68 Å². The molecule has 1 fully saturated rings. The van der Waals surface area contributed by atoms with Crippen LogP contribution in [0.5, 0.6) is 11.5 Å². The van der Waals surface area contributed by atoms with Crippen LogP contribution in [0.3, 0.4) is 0 Å². The number of carbonyl (C=O) groups excluding carboxylic acids is 1. The van der Waals surface area contributed by atoms with Crippen LogP contribution in [-0.2, 0) is 7.05 Å². The molecular formula is C16H19ClN6O5. The quantitative estimate of drug-likeness (QED) is 0.573. The molecule has 2 aliphatic heterocycles. The highest BCUT2D eigenvalue weighted by Gasteiger charge is 2.29. The van der Waals surface area contributed by atoms with Gasteiger partial charge in [0.2, 0.25) is 18.5 Å². The fraction of sp³-hybridized carbons (Fsp3) is 0.438. The van der Waals surface area contributed by atoms with Gasteiger partial charge in [-0.2, -0.15) is 10.1 Å². The number of amides is 1. The number of piperidine rings is 1. The van der Waals surface area contributed by atoms with E-state index in [2.05, 4.69) is 20.7 Å². The number of aromatic nitrogens is 3. The van der Waals surface area contributed by atoms with E-state index in [4.69, 9.17) is 9.47 Å². The first-order valence-corrected chi connectivity index (χ1v) is 8.54. The lowest BCUT2D eigenvalue weighted by Crippen LogP contribution is -2.27. The van der Waals surface area contributed by atoms with E-state index in [0.717, 1.165) is 32.0 Å². The summed E-state index contributed by atoms with van der Waals surface area (Å²) >= 11 is 0. The Bertz CT molecular complexity index is 911. The molecule has 1 amide bonds. The second-order valence-electron chi connectivity index (χ2n) is 6.38. The summed E-state index contributed by atoms with van der Waals surface area (Å²) in [5, 5.41) is 21.6. The van der Waals surface area contributed by atoms with Crippen LogP contribution in [0.15, 0.2) is 12.1 Å². The molecule has 0 saturated carbocycles. The number of ether oxygens (including phenoxy) is 2. The molecular weight excluding hydrogens is 392 g/mol. The highest BCUT2D eigenvalue weighted by Crippen LogP contribution is 2.41. The third-order valence-corrected chi connectivity index (χ3v) is 4.62. The number of benzene rings is 1. The molecule has 1 aromatic heterocycles. The van der Waals surface area contributed by atoms with Crippen molar-refractivity contribution in [3.05, 3.63) is 33.6 Å². The summed E-state index contributed by atoms with van der Waals surface area (Å²) in [6, 6.07) is 2.57. The summed E-state index contributed by atoms with van der Waals surface area (Å²) in [6.07, 6.45) is 1.87. The minimum atomic E-state index is -0.609. The van der Waals surface area contributed by atoms with Crippen molar-refractivity contribution in [3.63, 3.8) is 0 Å². The van der Waals surface area contributed by atoms with Crippen LogP contribution >= 0.6 is 12.4 Å². The lowest BCUT2D eigenvalue weighted by Gasteiger charge is -2.19. The Morgan fingerprint density at radius 2 is 2.11 bits per heavy atom. The van der Waals surface area contributed by atoms with Gasteiger partial charge in [-0.3, -0.25) is 20.2 Å². The van der Waals surface area contributed by atoms with Crippen LogP contribution < -0.4 is 20.1 Å². The van der Waals surface area contributed by atoms with Gasteiger partial charge in [-0.1, -0.05) is 0 Å². The predicted molar refractivity (Wildman–Crippen MR) is 100 cm³/mol. The van der Waals surface area contributed by atoms with Crippen molar-refractivity contribution in [3.8, 4) is 11.5 Å². The van der Waals surface area contributed by atoms with Crippen LogP contribution in [0.4, 0.5) is 11.6 Å². The van der Waals surface area contributed by atoms with E-state index >= 15 is 0 Å². The van der Waals surface area contributed by atoms with Crippen LogP contribution in [0.25, 0.3) is 0 Å². The summed E-state index contributed by atoms with van der Waals surface area (Å²) in [7, 11) is 1.69. The Morgan fingerprint density at radius 3 is 2.82 bits per heavy atom. The summed E-state index contributed by atoms with van der Waals surface area (Å²) in [5.74, 6) is 0.879. The smallest absolute Gasteiger partial charge is 0.315 e. The summed E-state index contributed by atoms with van der Waals surface area (Å²) in [5.41, 5.74) is -0.235. The molecule has 3 heterocycles. The molecule has 150 valence electrons. The zero-order chi connectivity index (χ0) is 19.0. The first-order chi connectivity index (χ1) is 13.0. The number of halogens is 1. The van der Waals surface area contributed by atoms with E-state index in [1.165, 1.54) is 10.7 Å². The SMILES string of the molecule is Cl.Cn1nc(C2CCNCC2)nc1NC(=O)c1cc2c(c([N+](=O)[O-])c1)OCO2. The third-order valence-electron chi connectivity index (χ3n) is 4.62. The summed E-state index contributed by atoms with van der Waals surface area (Å²) in [4.78, 5) is 27.7. The fourth-order valence-electron chi connectivity index (χ4n) is 3.20. The maximum atomic E-state index is 12.6. The highest BCUT2D eigenvalue weighted by molar-refractivity contribution is 6.04. The number of hydrogen-bond donors (Lipinski definition) is 2. The molecule has 4 rings (SSSR count). The van der Waals surface area contributed by atoms with E-state index in [9.17, 15) is 14.9 Å². The number of nitrogens with one attached hydrogen (secondary N) is 2. The van der Waals surface area contributed by atoms with Crippen molar-refractivity contribution in [1.29, 1.82) is 0 Å². The van der Waals surface area contributed by atoms with Gasteiger partial charge >= 0.3 is 5.69 Å². The van der Waals surface area contributed by atoms with Gasteiger partial charge in [-0.15, -0.1) is 12.4 Å². The molecule has 28 heavy (non-hydrogen) atoms. The van der Waals surface area contributed by atoms with Gasteiger partial charge in [0.25, 0.3) is 5.91 Å². The van der Waals surface area contributed by atoms with Crippen molar-refractivity contribution in [2.75, 3.05) is 25.2 Å². The largest absolute Gasteiger partial charge is 0.453 e. The number of anilines is 1. The number of fused-ring (bicyclic) bond motifs is 1. The normalized spacial score (nSPS) is 15.8. The lowest BCUT2D eigenvalue weighted by atomic mass is 9.98. The molecule has 2 N–H and O–H groups in total. The van der Waals surface area contributed by atoms with Crippen LogP contribution in [-0.4, -0.2) is 45.5 Å². The van der Waals surface area contributed by atoms with Gasteiger partial charge in [0.05, 0.1) is 10.5 Å². The second-order valence-corrected chi connectivity index (χ2v) is 6.38. The van der Waals surface area contributed by atoms with E-state index < -0.39 is 10.8 Å². The van der Waals surface area contributed by atoms with E-state index in [1.54, 1.807) is 7.05 Å². The van der Waals surface area contributed by atoms with Crippen molar-refractivity contribution in [2.45, 2.75) is 18.8 Å². The van der Waals surface area contributed by atoms with Gasteiger partial charge < -0.3 is 14.8 Å². The first-order valence-electron chi connectivity index (χ1n) is 8.54. The Balaban J connectivity index is 0.00000225. The monoisotopic (exact) mass is 410 g/mol. The molecule has 12 heteroatoms. The minimum Gasteiger partial charge on any atom is -0.453 e. The van der Waals surface area contributed by atoms with Gasteiger partial charge in [-0.05, 0) is 32.0 Å². The zero-order valence-electron chi connectivity index (χ0n) is 15.0. The summed E-state index contributed by atoms with van der Waals surface area (Å²) in [6.45, 7) is 1.70. The molecule has 0 atom stereocenters. The molecule has 0 bridgehead atoms. The Hall–Kier alpha value is -2.92. The number of nitro groups is 1. The average molecular weight is 411 g/mol. The Kier molecular flexibility index (Phi) is 5.66. The first kappa shape index (κ1) is 19.8. The third kappa shape index (κ3) is 3.71. The molecule has 0 spiro atoms. The van der Waals surface area contributed by atoms with E-state index in [0.29, 0.717) is 5.82 Å². The van der Waals surface area contributed by atoms with Crippen molar-refractivity contribution >= 4 is 29.9 Å². The van der Waals surface area contributed by atoms with E-state index in [-0.39, 0.29) is 53.8 Å². The number of nitrogens with zero attached hydrogens (tertiary/aromatic N) is 4. The topological polar surface area (TPSA) is 133 Å².